The van der Waals surface area contributed by atoms with E-state index in [0.29, 0.717) is 18.5 Å². The Kier molecular flexibility index (Phi) is 6.12. The number of nitrogens with zero attached hydrogens (tertiary/aromatic N) is 2. The molecule has 0 atom stereocenters. The molecule has 1 aromatic carbocycles. The Morgan fingerprint density at radius 2 is 1.89 bits per heavy atom. The van der Waals surface area contributed by atoms with E-state index in [1.807, 2.05) is 35.9 Å². The molecule has 0 aliphatic rings. The SMILES string of the molecule is Cn1cc(C(=O)N=C(CCCN)C(=O)NC(C)(C)C(N)=O)c2ccccc21. The van der Waals surface area contributed by atoms with Crippen LogP contribution in [0.1, 0.15) is 37.0 Å². The summed E-state index contributed by atoms with van der Waals surface area (Å²) in [6, 6.07) is 7.44. The first-order chi connectivity index (χ1) is 12.7. The van der Waals surface area contributed by atoms with Gasteiger partial charge in [0.25, 0.3) is 11.8 Å². The minimum Gasteiger partial charge on any atom is -0.368 e. The van der Waals surface area contributed by atoms with Crippen LogP contribution in [0.5, 0.6) is 0 Å². The van der Waals surface area contributed by atoms with Crippen LogP contribution in [0.25, 0.3) is 10.9 Å². The molecule has 8 nitrogen and oxygen atoms in total. The largest absolute Gasteiger partial charge is 0.368 e. The normalized spacial score (nSPS) is 12.2. The number of nitrogens with two attached hydrogens (primary N) is 2. The zero-order chi connectivity index (χ0) is 20.2. The molecule has 5 N–H and O–H groups in total. The van der Waals surface area contributed by atoms with Crippen molar-refractivity contribution in [2.75, 3.05) is 6.54 Å². The highest BCUT2D eigenvalue weighted by molar-refractivity contribution is 6.41. The van der Waals surface area contributed by atoms with E-state index < -0.39 is 23.3 Å². The van der Waals surface area contributed by atoms with Crippen LogP contribution < -0.4 is 16.8 Å². The number of aryl methyl sites for hydroxylation is 1. The Hall–Kier alpha value is -3.00. The highest BCUT2D eigenvalue weighted by atomic mass is 16.2. The summed E-state index contributed by atoms with van der Waals surface area (Å²) in [7, 11) is 1.83. The molecule has 0 aliphatic carbocycles. The standard InChI is InChI=1S/C19H25N5O3/c1-19(2,18(21)27)23-17(26)14(8-6-10-20)22-16(25)13-11-24(3)15-9-5-4-7-12(13)15/h4-5,7,9,11H,6,8,10,20H2,1-3H3,(H2,21,27)(H,23,26). The summed E-state index contributed by atoms with van der Waals surface area (Å²) in [6.45, 7) is 3.31. The third kappa shape index (κ3) is 4.59. The van der Waals surface area contributed by atoms with Gasteiger partial charge in [0, 0.05) is 24.1 Å². The molecular formula is C19H25N5O3. The maximum absolute atomic E-state index is 12.7. The molecule has 0 saturated heterocycles. The van der Waals surface area contributed by atoms with Gasteiger partial charge in [-0.05, 0) is 39.3 Å². The third-order valence-corrected chi connectivity index (χ3v) is 4.29. The van der Waals surface area contributed by atoms with Gasteiger partial charge >= 0.3 is 0 Å². The lowest BCUT2D eigenvalue weighted by atomic mass is 10.0. The molecule has 1 heterocycles. The van der Waals surface area contributed by atoms with E-state index >= 15 is 0 Å². The summed E-state index contributed by atoms with van der Waals surface area (Å²) in [5.74, 6) is -1.82. The number of hydrogen-bond donors (Lipinski definition) is 3. The number of rotatable bonds is 7. The molecule has 27 heavy (non-hydrogen) atoms. The van der Waals surface area contributed by atoms with Crippen molar-refractivity contribution in [3.8, 4) is 0 Å². The van der Waals surface area contributed by atoms with E-state index in [4.69, 9.17) is 11.5 Å². The number of aromatic nitrogens is 1. The van der Waals surface area contributed by atoms with Crippen LogP contribution >= 0.6 is 0 Å². The lowest BCUT2D eigenvalue weighted by Gasteiger charge is -2.22. The number of primary amides is 1. The van der Waals surface area contributed by atoms with Gasteiger partial charge in [-0.25, -0.2) is 4.99 Å². The van der Waals surface area contributed by atoms with Gasteiger partial charge in [0.1, 0.15) is 11.3 Å². The number of hydrogen-bond acceptors (Lipinski definition) is 4. The van der Waals surface area contributed by atoms with E-state index in [1.165, 1.54) is 13.8 Å². The van der Waals surface area contributed by atoms with E-state index in [2.05, 4.69) is 10.3 Å². The molecule has 0 radical (unpaired) electrons. The summed E-state index contributed by atoms with van der Waals surface area (Å²) in [5, 5.41) is 3.28. The molecular weight excluding hydrogens is 346 g/mol. The summed E-state index contributed by atoms with van der Waals surface area (Å²) in [5.41, 5.74) is 10.9. The number of carbonyl (C=O) groups is 3. The fourth-order valence-corrected chi connectivity index (χ4v) is 2.60. The fourth-order valence-electron chi connectivity index (χ4n) is 2.60. The van der Waals surface area contributed by atoms with Crippen LogP contribution in [0.15, 0.2) is 35.5 Å². The van der Waals surface area contributed by atoms with Gasteiger partial charge in [0.2, 0.25) is 5.91 Å². The van der Waals surface area contributed by atoms with Gasteiger partial charge in [-0.2, -0.15) is 0 Å². The minimum atomic E-state index is -1.26. The van der Waals surface area contributed by atoms with Crippen molar-refractivity contribution in [3.05, 3.63) is 36.0 Å². The monoisotopic (exact) mass is 371 g/mol. The van der Waals surface area contributed by atoms with Gasteiger partial charge in [-0.15, -0.1) is 0 Å². The fraction of sp³-hybridized carbons (Fsp3) is 0.368. The molecule has 0 aliphatic heterocycles. The van der Waals surface area contributed by atoms with E-state index in [9.17, 15) is 14.4 Å². The van der Waals surface area contributed by atoms with Crippen molar-refractivity contribution in [2.24, 2.45) is 23.5 Å². The number of benzene rings is 1. The van der Waals surface area contributed by atoms with E-state index in [-0.39, 0.29) is 12.1 Å². The van der Waals surface area contributed by atoms with Crippen LogP contribution in [0.4, 0.5) is 0 Å². The molecule has 0 unspecified atom stereocenters. The molecule has 2 aromatic rings. The third-order valence-electron chi connectivity index (χ3n) is 4.29. The van der Waals surface area contributed by atoms with Crippen LogP contribution in [-0.4, -0.2) is 40.1 Å². The van der Waals surface area contributed by atoms with Crippen LogP contribution in [0.2, 0.25) is 0 Å². The van der Waals surface area contributed by atoms with Gasteiger partial charge < -0.3 is 21.4 Å². The Bertz CT molecular complexity index is 911. The lowest BCUT2D eigenvalue weighted by Crippen LogP contribution is -2.54. The molecule has 0 spiro atoms. The van der Waals surface area contributed by atoms with Gasteiger partial charge in [0.15, 0.2) is 0 Å². The maximum Gasteiger partial charge on any atom is 0.279 e. The summed E-state index contributed by atoms with van der Waals surface area (Å²) in [6.07, 6.45) is 2.38. The van der Waals surface area contributed by atoms with Crippen LogP contribution in [0, 0.1) is 0 Å². The Morgan fingerprint density at radius 3 is 2.52 bits per heavy atom. The second kappa shape index (κ2) is 8.13. The lowest BCUT2D eigenvalue weighted by molar-refractivity contribution is -0.127. The first-order valence-electron chi connectivity index (χ1n) is 8.66. The van der Waals surface area contributed by atoms with Crippen LogP contribution in [0.3, 0.4) is 0 Å². The van der Waals surface area contributed by atoms with Crippen molar-refractivity contribution in [3.63, 3.8) is 0 Å². The molecule has 2 rings (SSSR count). The van der Waals surface area contributed by atoms with E-state index in [1.54, 1.807) is 6.20 Å². The maximum atomic E-state index is 12.7. The zero-order valence-corrected chi connectivity index (χ0v) is 15.8. The molecule has 144 valence electrons. The second-order valence-electron chi connectivity index (χ2n) is 6.87. The summed E-state index contributed by atoms with van der Waals surface area (Å²) in [4.78, 5) is 40.8. The number of carbonyl (C=O) groups excluding carboxylic acids is 3. The number of aliphatic imine (C=N–C) groups is 1. The van der Waals surface area contributed by atoms with Crippen LogP contribution in [-0.2, 0) is 16.6 Å². The number of amides is 3. The van der Waals surface area contributed by atoms with Crippen molar-refractivity contribution in [1.82, 2.24) is 9.88 Å². The van der Waals surface area contributed by atoms with Crippen molar-refractivity contribution < 1.29 is 14.4 Å². The summed E-state index contributed by atoms with van der Waals surface area (Å²) >= 11 is 0. The molecule has 8 heteroatoms. The van der Waals surface area contributed by atoms with Gasteiger partial charge in [-0.3, -0.25) is 14.4 Å². The van der Waals surface area contributed by atoms with E-state index in [0.717, 1.165) is 10.9 Å². The van der Waals surface area contributed by atoms with Gasteiger partial charge in [-0.1, -0.05) is 18.2 Å². The molecule has 0 saturated carbocycles. The minimum absolute atomic E-state index is 0.0210. The molecule has 3 amide bonds. The number of para-hydroxylation sites is 1. The highest BCUT2D eigenvalue weighted by Crippen LogP contribution is 2.21. The Labute approximate surface area is 157 Å². The predicted octanol–water partition coefficient (Wildman–Crippen LogP) is 0.879. The van der Waals surface area contributed by atoms with Crippen molar-refractivity contribution in [1.29, 1.82) is 0 Å². The zero-order valence-electron chi connectivity index (χ0n) is 15.8. The first-order valence-corrected chi connectivity index (χ1v) is 8.66. The molecule has 0 bridgehead atoms. The van der Waals surface area contributed by atoms with Crippen molar-refractivity contribution >= 4 is 34.3 Å². The predicted molar refractivity (Wildman–Crippen MR) is 104 cm³/mol. The highest BCUT2D eigenvalue weighted by Gasteiger charge is 2.29. The Balaban J connectivity index is 2.37. The first kappa shape index (κ1) is 20.3. The average Bonchev–Trinajstić information content (AvgIpc) is 2.95. The van der Waals surface area contributed by atoms with Crippen molar-refractivity contribution in [2.45, 2.75) is 32.2 Å². The molecule has 0 fully saturated rings. The van der Waals surface area contributed by atoms with Gasteiger partial charge in [0.05, 0.1) is 5.56 Å². The topological polar surface area (TPSA) is 133 Å². The quantitative estimate of drug-likeness (QED) is 0.623. The smallest absolute Gasteiger partial charge is 0.279 e. The average molecular weight is 371 g/mol. The molecule has 1 aromatic heterocycles. The second-order valence-corrected chi connectivity index (χ2v) is 6.87. The number of nitrogens with one attached hydrogen (secondary N) is 1. The number of fused-ring (bicyclic) bond motifs is 1. The summed E-state index contributed by atoms with van der Waals surface area (Å²) < 4.78 is 1.83. The Morgan fingerprint density at radius 1 is 1.22 bits per heavy atom.